The summed E-state index contributed by atoms with van der Waals surface area (Å²) in [6, 6.07) is 0. The smallest absolute Gasteiger partial charge is 0.267 e. The summed E-state index contributed by atoms with van der Waals surface area (Å²) in [5.41, 5.74) is 1.18. The van der Waals surface area contributed by atoms with Crippen molar-refractivity contribution in [3.63, 3.8) is 0 Å². The molecule has 4 nitrogen and oxygen atoms in total. The molecule has 0 unspecified atom stereocenters. The Morgan fingerprint density at radius 3 is 3.13 bits per heavy atom. The van der Waals surface area contributed by atoms with Crippen LogP contribution in [0.15, 0.2) is 27.2 Å². The van der Waals surface area contributed by atoms with Crippen LogP contribution in [0.2, 0.25) is 0 Å². The van der Waals surface area contributed by atoms with Crippen molar-refractivity contribution in [2.24, 2.45) is 0 Å². The molecule has 0 amide bonds. The van der Waals surface area contributed by atoms with Gasteiger partial charge in [-0.1, -0.05) is 11.6 Å². The van der Waals surface area contributed by atoms with Gasteiger partial charge in [-0.3, -0.25) is 4.79 Å². The standard InChI is InChI=1S/C10H12BrN3O/c1-7-3-2-4-14(5-7)9-8(11)10(15)13-6-12-9/h3,6H,2,4-5H2,1H3,(H,12,13,15). The molecule has 0 bridgehead atoms. The van der Waals surface area contributed by atoms with Crippen LogP contribution in [-0.4, -0.2) is 23.1 Å². The molecule has 15 heavy (non-hydrogen) atoms. The number of aromatic nitrogens is 2. The maximum absolute atomic E-state index is 11.4. The van der Waals surface area contributed by atoms with E-state index in [0.717, 1.165) is 25.3 Å². The minimum absolute atomic E-state index is 0.132. The fourth-order valence-corrected chi connectivity index (χ4v) is 2.15. The van der Waals surface area contributed by atoms with Gasteiger partial charge in [-0.05, 0) is 29.3 Å². The molecule has 0 spiro atoms. The fourth-order valence-electron chi connectivity index (χ4n) is 1.69. The molecule has 2 rings (SSSR count). The van der Waals surface area contributed by atoms with Crippen LogP contribution in [0, 0.1) is 0 Å². The van der Waals surface area contributed by atoms with Crippen molar-refractivity contribution in [1.82, 2.24) is 9.97 Å². The van der Waals surface area contributed by atoms with Gasteiger partial charge in [0.1, 0.15) is 4.47 Å². The van der Waals surface area contributed by atoms with Crippen LogP contribution in [0.1, 0.15) is 13.3 Å². The summed E-state index contributed by atoms with van der Waals surface area (Å²) < 4.78 is 0.514. The Morgan fingerprint density at radius 2 is 2.40 bits per heavy atom. The number of nitrogens with zero attached hydrogens (tertiary/aromatic N) is 2. The molecule has 0 fully saturated rings. The van der Waals surface area contributed by atoms with E-state index in [0.29, 0.717) is 4.47 Å². The van der Waals surface area contributed by atoms with E-state index in [2.05, 4.69) is 43.8 Å². The second-order valence-corrected chi connectivity index (χ2v) is 4.42. The first-order chi connectivity index (χ1) is 7.18. The maximum atomic E-state index is 11.4. The summed E-state index contributed by atoms with van der Waals surface area (Å²) >= 11 is 3.27. The van der Waals surface area contributed by atoms with E-state index < -0.39 is 0 Å². The number of nitrogens with one attached hydrogen (secondary N) is 1. The molecule has 0 aromatic carbocycles. The lowest BCUT2D eigenvalue weighted by molar-refractivity contribution is 0.771. The maximum Gasteiger partial charge on any atom is 0.267 e. The molecule has 1 aliphatic rings. The second kappa shape index (κ2) is 4.18. The van der Waals surface area contributed by atoms with Crippen molar-refractivity contribution in [2.45, 2.75) is 13.3 Å². The third-order valence-electron chi connectivity index (χ3n) is 2.41. The monoisotopic (exact) mass is 269 g/mol. The van der Waals surface area contributed by atoms with Crippen molar-refractivity contribution in [2.75, 3.05) is 18.0 Å². The predicted octanol–water partition coefficient (Wildman–Crippen LogP) is 1.69. The zero-order valence-electron chi connectivity index (χ0n) is 8.46. The highest BCUT2D eigenvalue weighted by Gasteiger charge is 2.16. The van der Waals surface area contributed by atoms with Crippen LogP contribution >= 0.6 is 15.9 Å². The van der Waals surface area contributed by atoms with Crippen molar-refractivity contribution >= 4 is 21.7 Å². The van der Waals surface area contributed by atoms with E-state index in [-0.39, 0.29) is 5.56 Å². The van der Waals surface area contributed by atoms with E-state index in [1.807, 2.05) is 0 Å². The minimum Gasteiger partial charge on any atom is -0.351 e. The van der Waals surface area contributed by atoms with Gasteiger partial charge in [-0.15, -0.1) is 0 Å². The van der Waals surface area contributed by atoms with Crippen molar-refractivity contribution in [3.05, 3.63) is 32.8 Å². The summed E-state index contributed by atoms with van der Waals surface area (Å²) in [5, 5.41) is 0. The average Bonchev–Trinajstić information content (AvgIpc) is 2.22. The first-order valence-electron chi connectivity index (χ1n) is 4.82. The van der Waals surface area contributed by atoms with Crippen LogP contribution in [0.3, 0.4) is 0 Å². The van der Waals surface area contributed by atoms with Gasteiger partial charge in [0.05, 0.1) is 6.33 Å². The van der Waals surface area contributed by atoms with Gasteiger partial charge in [0.15, 0.2) is 5.82 Å². The van der Waals surface area contributed by atoms with Gasteiger partial charge in [0, 0.05) is 13.1 Å². The summed E-state index contributed by atoms with van der Waals surface area (Å²) in [4.78, 5) is 20.2. The molecule has 0 saturated heterocycles. The number of aromatic amines is 1. The quantitative estimate of drug-likeness (QED) is 0.790. The number of anilines is 1. The average molecular weight is 270 g/mol. The first kappa shape index (κ1) is 10.4. The third-order valence-corrected chi connectivity index (χ3v) is 3.12. The molecule has 1 aromatic rings. The van der Waals surface area contributed by atoms with Gasteiger partial charge in [0.2, 0.25) is 0 Å². The van der Waals surface area contributed by atoms with Gasteiger partial charge in [-0.25, -0.2) is 4.98 Å². The zero-order chi connectivity index (χ0) is 10.8. The predicted molar refractivity (Wildman–Crippen MR) is 63.1 cm³/mol. The summed E-state index contributed by atoms with van der Waals surface area (Å²) in [6.45, 7) is 3.84. The van der Waals surface area contributed by atoms with E-state index in [1.54, 1.807) is 0 Å². The molecule has 1 N–H and O–H groups in total. The van der Waals surface area contributed by atoms with Gasteiger partial charge in [0.25, 0.3) is 5.56 Å². The molecule has 0 aliphatic carbocycles. The highest BCUT2D eigenvalue weighted by molar-refractivity contribution is 9.10. The molecule has 0 radical (unpaired) electrons. The van der Waals surface area contributed by atoms with Crippen molar-refractivity contribution in [1.29, 1.82) is 0 Å². The topological polar surface area (TPSA) is 49.0 Å². The molecule has 0 atom stereocenters. The number of hydrogen-bond donors (Lipinski definition) is 1. The van der Waals surface area contributed by atoms with Gasteiger partial charge >= 0.3 is 0 Å². The summed E-state index contributed by atoms with van der Waals surface area (Å²) in [7, 11) is 0. The first-order valence-corrected chi connectivity index (χ1v) is 5.61. The highest BCUT2D eigenvalue weighted by atomic mass is 79.9. The lowest BCUT2D eigenvalue weighted by Crippen LogP contribution is -2.31. The highest BCUT2D eigenvalue weighted by Crippen LogP contribution is 2.22. The number of hydrogen-bond acceptors (Lipinski definition) is 3. The zero-order valence-corrected chi connectivity index (χ0v) is 10.0. The van der Waals surface area contributed by atoms with Crippen molar-refractivity contribution < 1.29 is 0 Å². The van der Waals surface area contributed by atoms with Crippen LogP contribution in [0.4, 0.5) is 5.82 Å². The number of H-pyrrole nitrogens is 1. The Hall–Kier alpha value is -1.10. The van der Waals surface area contributed by atoms with Crippen LogP contribution in [-0.2, 0) is 0 Å². The molecular formula is C10H12BrN3O. The largest absolute Gasteiger partial charge is 0.351 e. The lowest BCUT2D eigenvalue weighted by atomic mass is 10.1. The Labute approximate surface area is 96.2 Å². The van der Waals surface area contributed by atoms with E-state index >= 15 is 0 Å². The Kier molecular flexibility index (Phi) is 2.90. The molecule has 0 saturated carbocycles. The van der Waals surface area contributed by atoms with E-state index in [1.165, 1.54) is 11.9 Å². The summed E-state index contributed by atoms with van der Waals surface area (Å²) in [5.74, 6) is 0.728. The fraction of sp³-hybridized carbons (Fsp3) is 0.400. The SMILES string of the molecule is CC1=CCCN(c2nc[nH]c(=O)c2Br)C1. The minimum atomic E-state index is -0.132. The van der Waals surface area contributed by atoms with E-state index in [4.69, 9.17) is 0 Å². The molecule has 5 heteroatoms. The summed E-state index contributed by atoms with van der Waals surface area (Å²) in [6.07, 6.45) is 4.67. The second-order valence-electron chi connectivity index (χ2n) is 3.63. The Morgan fingerprint density at radius 1 is 1.60 bits per heavy atom. The van der Waals surface area contributed by atoms with Gasteiger partial charge in [-0.2, -0.15) is 0 Å². The van der Waals surface area contributed by atoms with Crippen LogP contribution in [0.25, 0.3) is 0 Å². The third kappa shape index (κ3) is 2.12. The number of rotatable bonds is 1. The molecule has 80 valence electrons. The Balaban J connectivity index is 2.34. The molecule has 1 aromatic heterocycles. The molecule has 1 aliphatic heterocycles. The van der Waals surface area contributed by atoms with Crippen LogP contribution < -0.4 is 10.5 Å². The lowest BCUT2D eigenvalue weighted by Gasteiger charge is -2.27. The normalized spacial score (nSPS) is 16.4. The number of halogens is 1. The van der Waals surface area contributed by atoms with Crippen LogP contribution in [0.5, 0.6) is 0 Å². The van der Waals surface area contributed by atoms with E-state index in [9.17, 15) is 4.79 Å². The molecule has 2 heterocycles. The molecular weight excluding hydrogens is 258 g/mol. The van der Waals surface area contributed by atoms with Gasteiger partial charge < -0.3 is 9.88 Å². The van der Waals surface area contributed by atoms with Crippen molar-refractivity contribution in [3.8, 4) is 0 Å². The Bertz CT molecular complexity index is 452.